The lowest BCUT2D eigenvalue weighted by molar-refractivity contribution is -0.149. The molecule has 0 aliphatic rings. The fraction of sp³-hybridized carbons (Fsp3) is 0.278. The van der Waals surface area contributed by atoms with Crippen molar-refractivity contribution in [3.8, 4) is 11.5 Å². The van der Waals surface area contributed by atoms with Gasteiger partial charge in [0, 0.05) is 0 Å². The zero-order valence-corrected chi connectivity index (χ0v) is 16.8. The van der Waals surface area contributed by atoms with E-state index in [0.29, 0.717) is 0 Å². The van der Waals surface area contributed by atoms with Crippen molar-refractivity contribution in [2.24, 2.45) is 0 Å². The number of hydrogen-bond donors (Lipinski definition) is 1. The van der Waals surface area contributed by atoms with Crippen molar-refractivity contribution < 1.29 is 45.1 Å². The van der Waals surface area contributed by atoms with Crippen molar-refractivity contribution in [1.82, 2.24) is 5.09 Å². The van der Waals surface area contributed by atoms with Gasteiger partial charge in [-0.3, -0.25) is 4.79 Å². The first-order valence-electron chi connectivity index (χ1n) is 8.49. The van der Waals surface area contributed by atoms with Gasteiger partial charge in [-0.1, -0.05) is 18.2 Å². The average molecular weight is 453 g/mol. The number of nitrogens with one attached hydrogen (secondary N) is 1. The van der Waals surface area contributed by atoms with Crippen LogP contribution in [0.25, 0.3) is 0 Å². The molecular weight excluding hydrogens is 436 g/mol. The molecule has 0 aromatic heterocycles. The third-order valence-electron chi connectivity index (χ3n) is 3.41. The molecular formula is C18H17F5NO5P. The van der Waals surface area contributed by atoms with Crippen LogP contribution in [-0.4, -0.2) is 18.1 Å². The Bertz CT molecular complexity index is 944. The monoisotopic (exact) mass is 453 g/mol. The highest BCUT2D eigenvalue weighted by atomic mass is 31.2. The molecule has 6 nitrogen and oxygen atoms in total. The molecule has 0 radical (unpaired) electrons. The zero-order valence-electron chi connectivity index (χ0n) is 15.9. The fourth-order valence-corrected chi connectivity index (χ4v) is 3.62. The maximum atomic E-state index is 14.0. The third-order valence-corrected chi connectivity index (χ3v) is 4.98. The lowest BCUT2D eigenvalue weighted by atomic mass is 10.3. The van der Waals surface area contributed by atoms with E-state index in [4.69, 9.17) is 9.26 Å². The molecule has 0 spiro atoms. The maximum Gasteiger partial charge on any atom is 0.513 e. The lowest BCUT2D eigenvalue weighted by Gasteiger charge is -2.24. The predicted octanol–water partition coefficient (Wildman–Crippen LogP) is 4.88. The lowest BCUT2D eigenvalue weighted by Crippen LogP contribution is -2.37. The van der Waals surface area contributed by atoms with Gasteiger partial charge in [-0.05, 0) is 32.9 Å². The van der Waals surface area contributed by atoms with Crippen molar-refractivity contribution in [2.75, 3.05) is 0 Å². The number of rotatable bonds is 8. The number of hydrogen-bond acceptors (Lipinski definition) is 5. The molecule has 2 rings (SSSR count). The Balaban J connectivity index is 2.45. The molecule has 0 bridgehead atoms. The molecule has 0 aliphatic carbocycles. The quantitative estimate of drug-likeness (QED) is 0.202. The summed E-state index contributed by atoms with van der Waals surface area (Å²) in [6.07, 6.45) is -0.549. The smallest absolute Gasteiger partial charge is 0.462 e. The first-order valence-corrected chi connectivity index (χ1v) is 10.0. The molecule has 1 N–H and O–H groups in total. The van der Waals surface area contributed by atoms with Gasteiger partial charge in [0.25, 0.3) is 0 Å². The van der Waals surface area contributed by atoms with Crippen LogP contribution < -0.4 is 14.1 Å². The molecule has 0 saturated heterocycles. The largest absolute Gasteiger partial charge is 0.513 e. The Kier molecular flexibility index (Phi) is 7.44. The first-order chi connectivity index (χ1) is 13.9. The minimum Gasteiger partial charge on any atom is -0.462 e. The van der Waals surface area contributed by atoms with Crippen LogP contribution >= 0.6 is 7.75 Å². The molecule has 30 heavy (non-hydrogen) atoms. The Morgan fingerprint density at radius 2 is 1.37 bits per heavy atom. The fourth-order valence-electron chi connectivity index (χ4n) is 2.10. The molecule has 0 saturated carbocycles. The molecule has 2 aromatic rings. The number of carbonyl (C=O) groups excluding carboxylic acids is 1. The van der Waals surface area contributed by atoms with E-state index in [0.717, 1.165) is 0 Å². The molecule has 12 heteroatoms. The summed E-state index contributed by atoms with van der Waals surface area (Å²) in [5.41, 5.74) is 0. The van der Waals surface area contributed by atoms with E-state index < -0.39 is 60.7 Å². The Labute approximate surface area is 168 Å². The summed E-state index contributed by atoms with van der Waals surface area (Å²) >= 11 is 0. The van der Waals surface area contributed by atoms with E-state index in [1.807, 2.05) is 0 Å². The van der Waals surface area contributed by atoms with Crippen LogP contribution in [0.2, 0.25) is 0 Å². The molecule has 2 atom stereocenters. The van der Waals surface area contributed by atoms with E-state index in [-0.39, 0.29) is 5.75 Å². The first kappa shape index (κ1) is 23.6. The van der Waals surface area contributed by atoms with Gasteiger partial charge in [0.05, 0.1) is 6.10 Å². The summed E-state index contributed by atoms with van der Waals surface area (Å²) in [7, 11) is -4.91. The van der Waals surface area contributed by atoms with Crippen LogP contribution in [-0.2, 0) is 14.1 Å². The highest BCUT2D eigenvalue weighted by molar-refractivity contribution is 7.52. The Morgan fingerprint density at radius 1 is 0.867 bits per heavy atom. The molecule has 0 fully saturated rings. The number of esters is 1. The van der Waals surface area contributed by atoms with Crippen molar-refractivity contribution >= 4 is 13.7 Å². The van der Waals surface area contributed by atoms with Gasteiger partial charge in [-0.15, -0.1) is 0 Å². The van der Waals surface area contributed by atoms with Crippen LogP contribution in [0.4, 0.5) is 22.0 Å². The number of ether oxygens (including phenoxy) is 1. The van der Waals surface area contributed by atoms with Crippen molar-refractivity contribution in [3.05, 3.63) is 59.4 Å². The molecule has 2 aromatic carbocycles. The summed E-state index contributed by atoms with van der Waals surface area (Å²) in [5, 5.41) is 2.07. The maximum absolute atomic E-state index is 14.0. The van der Waals surface area contributed by atoms with Crippen molar-refractivity contribution in [1.29, 1.82) is 0 Å². The summed E-state index contributed by atoms with van der Waals surface area (Å²) in [4.78, 5) is 12.0. The van der Waals surface area contributed by atoms with E-state index >= 15 is 0 Å². The zero-order chi connectivity index (χ0) is 22.6. The molecule has 0 heterocycles. The minimum atomic E-state index is -4.91. The van der Waals surface area contributed by atoms with Crippen LogP contribution in [0.3, 0.4) is 0 Å². The van der Waals surface area contributed by atoms with E-state index in [9.17, 15) is 31.3 Å². The van der Waals surface area contributed by atoms with Gasteiger partial charge in [-0.2, -0.15) is 13.9 Å². The summed E-state index contributed by atoms with van der Waals surface area (Å²) in [6.45, 7) is 4.25. The summed E-state index contributed by atoms with van der Waals surface area (Å²) < 4.78 is 96.0. The van der Waals surface area contributed by atoms with Gasteiger partial charge < -0.3 is 13.8 Å². The van der Waals surface area contributed by atoms with Gasteiger partial charge in [0.1, 0.15) is 11.8 Å². The van der Waals surface area contributed by atoms with Crippen LogP contribution in [0, 0.1) is 29.1 Å². The number of para-hydroxylation sites is 1. The van der Waals surface area contributed by atoms with Crippen LogP contribution in [0.1, 0.15) is 20.8 Å². The van der Waals surface area contributed by atoms with E-state index in [1.54, 1.807) is 6.07 Å². The second-order valence-electron chi connectivity index (χ2n) is 6.23. The Morgan fingerprint density at radius 3 is 1.87 bits per heavy atom. The molecule has 0 aliphatic heterocycles. The van der Waals surface area contributed by atoms with Gasteiger partial charge in [-0.25, -0.2) is 17.7 Å². The average Bonchev–Trinajstić information content (AvgIpc) is 2.68. The van der Waals surface area contributed by atoms with Gasteiger partial charge in [0.15, 0.2) is 0 Å². The van der Waals surface area contributed by atoms with Crippen LogP contribution in [0.5, 0.6) is 11.5 Å². The molecule has 164 valence electrons. The van der Waals surface area contributed by atoms with Crippen LogP contribution in [0.15, 0.2) is 30.3 Å². The third kappa shape index (κ3) is 5.48. The second-order valence-corrected chi connectivity index (χ2v) is 7.85. The summed E-state index contributed by atoms with van der Waals surface area (Å²) in [5.74, 6) is -14.6. The topological polar surface area (TPSA) is 73.9 Å². The van der Waals surface area contributed by atoms with Crippen molar-refractivity contribution in [2.45, 2.75) is 32.9 Å². The normalized spacial score (nSPS) is 14.2. The molecule has 0 amide bonds. The minimum absolute atomic E-state index is 0.137. The second kappa shape index (κ2) is 9.44. The SMILES string of the molecule is CC(C)OC(=O)C(C)N[P@@](=O)(Oc1ccccc1)Oc1c(F)c(F)c(F)c(F)c1F. The van der Waals surface area contributed by atoms with Gasteiger partial charge >= 0.3 is 13.7 Å². The number of carbonyl (C=O) groups is 1. The van der Waals surface area contributed by atoms with Crippen molar-refractivity contribution in [3.63, 3.8) is 0 Å². The number of halogens is 5. The van der Waals surface area contributed by atoms with E-state index in [2.05, 4.69) is 9.61 Å². The highest BCUT2D eigenvalue weighted by Crippen LogP contribution is 2.47. The Hall–Kier alpha value is -2.65. The van der Waals surface area contributed by atoms with Gasteiger partial charge in [0.2, 0.25) is 34.8 Å². The predicted molar refractivity (Wildman–Crippen MR) is 95.4 cm³/mol. The summed E-state index contributed by atoms with van der Waals surface area (Å²) in [6, 6.07) is 5.64. The standard InChI is InChI=1S/C18H17F5NO5P/c1-9(2)27-18(25)10(3)24-30(26,28-11-7-5-4-6-8-11)29-17-15(22)13(20)12(19)14(21)16(17)23/h4-10H,1-3H3,(H,24,26)/t10?,30-/m1/s1. The van der Waals surface area contributed by atoms with E-state index in [1.165, 1.54) is 45.0 Å². The number of benzene rings is 2. The molecule has 1 unspecified atom stereocenters. The highest BCUT2D eigenvalue weighted by Gasteiger charge is 2.38.